The van der Waals surface area contributed by atoms with Gasteiger partial charge >= 0.3 is 0 Å². The van der Waals surface area contributed by atoms with Crippen LogP contribution in [0.5, 0.6) is 11.5 Å². The molecule has 0 saturated heterocycles. The molecule has 126 valence electrons. The standard InChI is InChI=1S/C19H20ClNO3/c1-23-17-9-5-6-12(18(17)24-2)11-21-19(22)15-10-14(15)13-7-3-4-8-16(13)20/h3-9,14-15H,10-11H2,1-2H3,(H,21,22). The van der Waals surface area contributed by atoms with E-state index in [4.69, 9.17) is 21.1 Å². The lowest BCUT2D eigenvalue weighted by Crippen LogP contribution is -2.25. The summed E-state index contributed by atoms with van der Waals surface area (Å²) in [5.41, 5.74) is 1.94. The summed E-state index contributed by atoms with van der Waals surface area (Å²) in [5.74, 6) is 1.56. The summed E-state index contributed by atoms with van der Waals surface area (Å²) in [6, 6.07) is 13.3. The normalized spacial score (nSPS) is 18.8. The molecular weight excluding hydrogens is 326 g/mol. The number of nitrogens with one attached hydrogen (secondary N) is 1. The van der Waals surface area contributed by atoms with Gasteiger partial charge in [-0.2, -0.15) is 0 Å². The van der Waals surface area contributed by atoms with Crippen LogP contribution in [-0.4, -0.2) is 20.1 Å². The van der Waals surface area contributed by atoms with Crippen molar-refractivity contribution >= 4 is 17.5 Å². The van der Waals surface area contributed by atoms with Gasteiger partial charge in [0.1, 0.15) is 0 Å². The molecule has 0 spiro atoms. The third-order valence-electron chi connectivity index (χ3n) is 4.37. The molecule has 2 aromatic rings. The Morgan fingerprint density at radius 1 is 1.17 bits per heavy atom. The number of halogens is 1. The fraction of sp³-hybridized carbons (Fsp3) is 0.316. The SMILES string of the molecule is COc1cccc(CNC(=O)C2CC2c2ccccc2Cl)c1OC. The second kappa shape index (κ2) is 7.14. The highest BCUT2D eigenvalue weighted by molar-refractivity contribution is 6.31. The van der Waals surface area contributed by atoms with E-state index >= 15 is 0 Å². The van der Waals surface area contributed by atoms with Gasteiger partial charge in [-0.05, 0) is 30.0 Å². The molecule has 2 unspecified atom stereocenters. The van der Waals surface area contributed by atoms with E-state index in [2.05, 4.69) is 5.32 Å². The van der Waals surface area contributed by atoms with Gasteiger partial charge in [-0.3, -0.25) is 4.79 Å². The zero-order chi connectivity index (χ0) is 17.1. The number of ether oxygens (including phenoxy) is 2. The van der Waals surface area contributed by atoms with Gasteiger partial charge in [0.2, 0.25) is 5.91 Å². The predicted molar refractivity (Wildman–Crippen MR) is 93.7 cm³/mol. The molecule has 2 atom stereocenters. The van der Waals surface area contributed by atoms with Gasteiger partial charge in [0.05, 0.1) is 14.2 Å². The Labute approximate surface area is 146 Å². The van der Waals surface area contributed by atoms with Gasteiger partial charge in [-0.15, -0.1) is 0 Å². The van der Waals surface area contributed by atoms with Crippen molar-refractivity contribution in [1.29, 1.82) is 0 Å². The van der Waals surface area contributed by atoms with Gasteiger partial charge in [0, 0.05) is 23.0 Å². The molecule has 3 rings (SSSR count). The third kappa shape index (κ3) is 3.34. The number of methoxy groups -OCH3 is 2. The van der Waals surface area contributed by atoms with Gasteiger partial charge in [-0.25, -0.2) is 0 Å². The first-order chi connectivity index (χ1) is 11.7. The molecule has 0 heterocycles. The number of amides is 1. The Kier molecular flexibility index (Phi) is 4.95. The van der Waals surface area contributed by atoms with E-state index in [1.165, 1.54) is 0 Å². The van der Waals surface area contributed by atoms with Crippen LogP contribution in [-0.2, 0) is 11.3 Å². The van der Waals surface area contributed by atoms with Gasteiger partial charge < -0.3 is 14.8 Å². The van der Waals surface area contributed by atoms with Crippen molar-refractivity contribution < 1.29 is 14.3 Å². The van der Waals surface area contributed by atoms with E-state index in [0.29, 0.717) is 18.0 Å². The number of carbonyl (C=O) groups excluding carboxylic acids is 1. The third-order valence-corrected chi connectivity index (χ3v) is 4.71. The lowest BCUT2D eigenvalue weighted by atomic mass is 10.1. The summed E-state index contributed by atoms with van der Waals surface area (Å²) < 4.78 is 10.7. The van der Waals surface area contributed by atoms with Crippen molar-refractivity contribution in [3.8, 4) is 11.5 Å². The summed E-state index contributed by atoms with van der Waals surface area (Å²) in [4.78, 5) is 12.4. The first-order valence-electron chi connectivity index (χ1n) is 7.87. The van der Waals surface area contributed by atoms with Crippen molar-refractivity contribution in [1.82, 2.24) is 5.32 Å². The largest absolute Gasteiger partial charge is 0.493 e. The minimum absolute atomic E-state index is 0.0125. The first kappa shape index (κ1) is 16.7. The van der Waals surface area contributed by atoms with Crippen molar-refractivity contribution in [2.75, 3.05) is 14.2 Å². The van der Waals surface area contributed by atoms with Gasteiger partial charge in [0.15, 0.2) is 11.5 Å². The van der Waals surface area contributed by atoms with Crippen LogP contribution in [0.4, 0.5) is 0 Å². The van der Waals surface area contributed by atoms with E-state index in [0.717, 1.165) is 22.6 Å². The van der Waals surface area contributed by atoms with E-state index in [9.17, 15) is 4.79 Å². The average Bonchev–Trinajstić information content (AvgIpc) is 3.40. The quantitative estimate of drug-likeness (QED) is 0.866. The Bertz CT molecular complexity index is 747. The lowest BCUT2D eigenvalue weighted by Gasteiger charge is -2.13. The Hall–Kier alpha value is -2.20. The second-order valence-corrected chi connectivity index (χ2v) is 6.25. The molecule has 2 aromatic carbocycles. The maximum atomic E-state index is 12.4. The Morgan fingerprint density at radius 2 is 1.96 bits per heavy atom. The first-order valence-corrected chi connectivity index (χ1v) is 8.25. The van der Waals surface area contributed by atoms with Crippen LogP contribution in [0.15, 0.2) is 42.5 Å². The smallest absolute Gasteiger partial charge is 0.224 e. The maximum Gasteiger partial charge on any atom is 0.224 e. The van der Waals surface area contributed by atoms with Crippen LogP contribution in [0.1, 0.15) is 23.5 Å². The minimum atomic E-state index is -0.0125. The number of para-hydroxylation sites is 1. The molecular formula is C19H20ClNO3. The summed E-state index contributed by atoms with van der Waals surface area (Å²) in [7, 11) is 3.19. The fourth-order valence-corrected chi connectivity index (χ4v) is 3.29. The van der Waals surface area contributed by atoms with Crippen LogP contribution in [0, 0.1) is 5.92 Å². The second-order valence-electron chi connectivity index (χ2n) is 5.84. The van der Waals surface area contributed by atoms with Crippen molar-refractivity contribution in [2.45, 2.75) is 18.9 Å². The molecule has 0 aromatic heterocycles. The van der Waals surface area contributed by atoms with Gasteiger partial charge in [-0.1, -0.05) is 41.9 Å². The highest BCUT2D eigenvalue weighted by Crippen LogP contribution is 2.49. The summed E-state index contributed by atoms with van der Waals surface area (Å²) >= 11 is 6.21. The monoisotopic (exact) mass is 345 g/mol. The van der Waals surface area contributed by atoms with Crippen LogP contribution < -0.4 is 14.8 Å². The van der Waals surface area contributed by atoms with Crippen molar-refractivity contribution in [2.24, 2.45) is 5.92 Å². The van der Waals surface area contributed by atoms with Crippen LogP contribution in [0.2, 0.25) is 5.02 Å². The highest BCUT2D eigenvalue weighted by Gasteiger charge is 2.44. The summed E-state index contributed by atoms with van der Waals surface area (Å²) in [5, 5.41) is 3.72. The Balaban J connectivity index is 1.63. The molecule has 1 saturated carbocycles. The van der Waals surface area contributed by atoms with E-state index < -0.39 is 0 Å². The molecule has 1 amide bonds. The molecule has 0 radical (unpaired) electrons. The summed E-state index contributed by atoms with van der Waals surface area (Å²) in [6.45, 7) is 0.408. The molecule has 5 heteroatoms. The lowest BCUT2D eigenvalue weighted by molar-refractivity contribution is -0.122. The molecule has 0 bridgehead atoms. The number of hydrogen-bond donors (Lipinski definition) is 1. The zero-order valence-corrected chi connectivity index (χ0v) is 14.5. The number of benzene rings is 2. The molecule has 1 aliphatic carbocycles. The van der Waals surface area contributed by atoms with E-state index in [1.54, 1.807) is 14.2 Å². The Morgan fingerprint density at radius 3 is 2.67 bits per heavy atom. The van der Waals surface area contributed by atoms with E-state index in [1.807, 2.05) is 42.5 Å². The number of carbonyl (C=O) groups is 1. The average molecular weight is 346 g/mol. The topological polar surface area (TPSA) is 47.6 Å². The maximum absolute atomic E-state index is 12.4. The molecule has 4 nitrogen and oxygen atoms in total. The molecule has 1 fully saturated rings. The van der Waals surface area contributed by atoms with Crippen LogP contribution in [0.25, 0.3) is 0 Å². The van der Waals surface area contributed by atoms with Crippen LogP contribution in [0.3, 0.4) is 0 Å². The van der Waals surface area contributed by atoms with Gasteiger partial charge in [0.25, 0.3) is 0 Å². The predicted octanol–water partition coefficient (Wildman–Crippen LogP) is 3.78. The zero-order valence-electron chi connectivity index (χ0n) is 13.7. The molecule has 1 N–H and O–H groups in total. The number of rotatable bonds is 6. The van der Waals surface area contributed by atoms with Crippen molar-refractivity contribution in [3.63, 3.8) is 0 Å². The summed E-state index contributed by atoms with van der Waals surface area (Å²) in [6.07, 6.45) is 0.838. The minimum Gasteiger partial charge on any atom is -0.493 e. The molecule has 0 aliphatic heterocycles. The molecule has 1 aliphatic rings. The highest BCUT2D eigenvalue weighted by atomic mass is 35.5. The number of hydrogen-bond acceptors (Lipinski definition) is 3. The molecule has 24 heavy (non-hydrogen) atoms. The van der Waals surface area contributed by atoms with Crippen LogP contribution >= 0.6 is 11.6 Å². The van der Waals surface area contributed by atoms with Crippen molar-refractivity contribution in [3.05, 3.63) is 58.6 Å². The fourth-order valence-electron chi connectivity index (χ4n) is 3.01. The van der Waals surface area contributed by atoms with E-state index in [-0.39, 0.29) is 17.7 Å².